The number of ether oxygens (including phenoxy) is 4. The highest BCUT2D eigenvalue weighted by Crippen LogP contribution is 2.24. The molecule has 0 saturated heterocycles. The predicted molar refractivity (Wildman–Crippen MR) is 163 cm³/mol. The van der Waals surface area contributed by atoms with E-state index in [1.54, 1.807) is 47.7 Å². The molecule has 0 unspecified atom stereocenters. The maximum absolute atomic E-state index is 12.8. The van der Waals surface area contributed by atoms with Gasteiger partial charge in [-0.15, -0.1) is 0 Å². The predicted octanol–water partition coefficient (Wildman–Crippen LogP) is 5.18. The molecular weight excluding hydrogens is 572 g/mol. The summed E-state index contributed by atoms with van der Waals surface area (Å²) in [5, 5.41) is 0. The molecule has 0 radical (unpaired) electrons. The number of nitrogens with zero attached hydrogens (tertiary/aromatic N) is 5. The summed E-state index contributed by atoms with van der Waals surface area (Å²) in [6, 6.07) is 0. The molecule has 2 aromatic rings. The average Bonchev–Trinajstić information content (AvgIpc) is 2.87. The van der Waals surface area contributed by atoms with Crippen molar-refractivity contribution < 1.29 is 38.1 Å². The smallest absolute Gasteiger partial charge is 0.425 e. The van der Waals surface area contributed by atoms with Crippen molar-refractivity contribution in [3.8, 4) is 0 Å². The van der Waals surface area contributed by atoms with Crippen LogP contribution in [0.15, 0.2) is 12.4 Å². The molecule has 14 heteroatoms. The summed E-state index contributed by atoms with van der Waals surface area (Å²) in [6.07, 6.45) is 2.23. The molecule has 0 saturated carbocycles. The molecule has 0 spiro atoms. The number of hydrogen-bond acceptors (Lipinski definition) is 13. The molecule has 0 aliphatic rings. The normalized spacial score (nSPS) is 11.3. The number of carbonyl (C=O) groups excluding carboxylic acids is 4. The molecule has 0 aliphatic carbocycles. The van der Waals surface area contributed by atoms with Crippen LogP contribution in [-0.4, -0.2) is 69.5 Å². The second-order valence-corrected chi connectivity index (χ2v) is 12.6. The van der Waals surface area contributed by atoms with Crippen LogP contribution in [0.3, 0.4) is 0 Å². The van der Waals surface area contributed by atoms with Crippen LogP contribution in [0.4, 0.5) is 21.2 Å². The van der Waals surface area contributed by atoms with Crippen LogP contribution in [0.1, 0.15) is 102 Å². The SMILES string of the molecule is COC(=O)c1nc(CC(C)C)cnc1N.COC(=O)c1nc(CC(C)C)cnc1N(C(=O)OC(C)(C)C)C(=O)OC(C)(C)C. The quantitative estimate of drug-likeness (QED) is 0.316. The van der Waals surface area contributed by atoms with Crippen molar-refractivity contribution in [1.82, 2.24) is 19.9 Å². The summed E-state index contributed by atoms with van der Waals surface area (Å²) in [6.45, 7) is 18.0. The Bertz CT molecular complexity index is 1290. The van der Waals surface area contributed by atoms with Gasteiger partial charge < -0.3 is 24.7 Å². The molecular formula is C30H46N6O8. The standard InChI is InChI=1S/C20H31N3O6.C10H15N3O2/c1-12(2)10-13-11-21-15(14(22-13)16(24)27-9)23(17(25)28-19(3,4)5)18(26)29-20(6,7)8;1-6(2)4-7-5-12-9(11)8(13-7)10(14)15-3/h11-12H,10H2,1-9H3;5-6H,4H2,1-3H3,(H2,11,12). The van der Waals surface area contributed by atoms with Gasteiger partial charge in [-0.1, -0.05) is 27.7 Å². The number of nitrogens with two attached hydrogens (primary N) is 1. The maximum atomic E-state index is 12.8. The molecule has 0 atom stereocenters. The number of hydrogen-bond donors (Lipinski definition) is 1. The highest BCUT2D eigenvalue weighted by Gasteiger charge is 2.37. The lowest BCUT2D eigenvalue weighted by Gasteiger charge is -2.28. The second-order valence-electron chi connectivity index (χ2n) is 12.6. The Balaban J connectivity index is 0.000000539. The first kappa shape index (κ1) is 37.7. The Kier molecular flexibility index (Phi) is 13.6. The van der Waals surface area contributed by atoms with E-state index < -0.39 is 35.3 Å². The van der Waals surface area contributed by atoms with Gasteiger partial charge in [0.15, 0.2) is 23.0 Å². The molecule has 2 amide bonds. The molecule has 0 fully saturated rings. The number of rotatable bonds is 7. The lowest BCUT2D eigenvalue weighted by molar-refractivity contribution is 0.0427. The lowest BCUT2D eigenvalue weighted by atomic mass is 10.1. The molecule has 44 heavy (non-hydrogen) atoms. The summed E-state index contributed by atoms with van der Waals surface area (Å²) in [5.41, 5.74) is 4.82. The van der Waals surface area contributed by atoms with Gasteiger partial charge in [-0.3, -0.25) is 0 Å². The van der Waals surface area contributed by atoms with Crippen LogP contribution in [0.2, 0.25) is 0 Å². The van der Waals surface area contributed by atoms with Crippen molar-refractivity contribution in [2.75, 3.05) is 24.9 Å². The van der Waals surface area contributed by atoms with Crippen LogP contribution >= 0.6 is 0 Å². The third kappa shape index (κ3) is 12.5. The molecule has 0 aliphatic heterocycles. The summed E-state index contributed by atoms with van der Waals surface area (Å²) >= 11 is 0. The molecule has 0 bridgehead atoms. The fourth-order valence-corrected chi connectivity index (χ4v) is 3.39. The van der Waals surface area contributed by atoms with E-state index in [0.717, 1.165) is 12.1 Å². The number of esters is 2. The first-order valence-corrected chi connectivity index (χ1v) is 14.1. The highest BCUT2D eigenvalue weighted by molar-refractivity contribution is 6.12. The van der Waals surface area contributed by atoms with Crippen LogP contribution in [0.25, 0.3) is 0 Å². The lowest BCUT2D eigenvalue weighted by Crippen LogP contribution is -2.45. The summed E-state index contributed by atoms with van der Waals surface area (Å²) < 4.78 is 20.0. The van der Waals surface area contributed by atoms with Crippen molar-refractivity contribution in [1.29, 1.82) is 0 Å². The van der Waals surface area contributed by atoms with E-state index in [9.17, 15) is 19.2 Å². The number of nitrogen functional groups attached to an aromatic ring is 1. The number of aromatic nitrogens is 4. The Hall–Kier alpha value is -4.36. The Morgan fingerprint density at radius 3 is 1.50 bits per heavy atom. The van der Waals surface area contributed by atoms with Crippen LogP contribution in [-0.2, 0) is 31.8 Å². The van der Waals surface area contributed by atoms with Gasteiger partial charge in [0.05, 0.1) is 38.0 Å². The third-order valence-corrected chi connectivity index (χ3v) is 5.01. The number of anilines is 2. The van der Waals surface area contributed by atoms with E-state index in [2.05, 4.69) is 38.5 Å². The van der Waals surface area contributed by atoms with E-state index in [0.29, 0.717) is 22.9 Å². The second kappa shape index (κ2) is 15.9. The first-order chi connectivity index (χ1) is 20.2. The fourth-order valence-electron chi connectivity index (χ4n) is 3.39. The van der Waals surface area contributed by atoms with Crippen LogP contribution in [0.5, 0.6) is 0 Å². The maximum Gasteiger partial charge on any atom is 0.425 e. The van der Waals surface area contributed by atoms with Crippen molar-refractivity contribution in [3.05, 3.63) is 35.2 Å². The van der Waals surface area contributed by atoms with E-state index in [1.165, 1.54) is 20.4 Å². The third-order valence-electron chi connectivity index (χ3n) is 5.01. The average molecular weight is 619 g/mol. The monoisotopic (exact) mass is 618 g/mol. The first-order valence-electron chi connectivity index (χ1n) is 14.1. The van der Waals surface area contributed by atoms with Gasteiger partial charge >= 0.3 is 24.1 Å². The number of amides is 2. The molecule has 2 aromatic heterocycles. The molecule has 2 rings (SSSR count). The molecule has 0 aromatic carbocycles. The Morgan fingerprint density at radius 1 is 0.727 bits per heavy atom. The number of methoxy groups -OCH3 is 2. The highest BCUT2D eigenvalue weighted by atomic mass is 16.6. The fraction of sp³-hybridized carbons (Fsp3) is 0.600. The minimum Gasteiger partial charge on any atom is -0.464 e. The molecule has 2 heterocycles. The Morgan fingerprint density at radius 2 is 1.11 bits per heavy atom. The van der Waals surface area contributed by atoms with Crippen LogP contribution in [0, 0.1) is 11.8 Å². The van der Waals surface area contributed by atoms with Gasteiger partial charge in [0.2, 0.25) is 0 Å². The number of imide groups is 1. The largest absolute Gasteiger partial charge is 0.464 e. The van der Waals surface area contributed by atoms with Gasteiger partial charge in [-0.05, 0) is 66.2 Å². The topological polar surface area (TPSA) is 186 Å². The zero-order valence-electron chi connectivity index (χ0n) is 27.8. The van der Waals surface area contributed by atoms with Crippen molar-refractivity contribution in [2.24, 2.45) is 11.8 Å². The summed E-state index contributed by atoms with van der Waals surface area (Å²) in [4.78, 5) is 66.2. The van der Waals surface area contributed by atoms with Gasteiger partial charge in [-0.25, -0.2) is 39.1 Å². The zero-order valence-corrected chi connectivity index (χ0v) is 27.8. The van der Waals surface area contributed by atoms with Gasteiger partial charge in [0.25, 0.3) is 0 Å². The molecule has 14 nitrogen and oxygen atoms in total. The van der Waals surface area contributed by atoms with Gasteiger partial charge in [0.1, 0.15) is 11.2 Å². The van der Waals surface area contributed by atoms with E-state index >= 15 is 0 Å². The van der Waals surface area contributed by atoms with Crippen molar-refractivity contribution in [3.63, 3.8) is 0 Å². The van der Waals surface area contributed by atoms with E-state index in [4.69, 9.17) is 19.9 Å². The minimum absolute atomic E-state index is 0.0932. The summed E-state index contributed by atoms with van der Waals surface area (Å²) in [5.74, 6) is -0.884. The number of carbonyl (C=O) groups is 4. The minimum atomic E-state index is -1.04. The van der Waals surface area contributed by atoms with Gasteiger partial charge in [0, 0.05) is 0 Å². The van der Waals surface area contributed by atoms with Crippen LogP contribution < -0.4 is 10.6 Å². The van der Waals surface area contributed by atoms with Crippen molar-refractivity contribution in [2.45, 2.75) is 93.3 Å². The zero-order chi connectivity index (χ0) is 34.0. The van der Waals surface area contributed by atoms with E-state index in [1.807, 2.05) is 13.8 Å². The Labute approximate surface area is 259 Å². The van der Waals surface area contributed by atoms with Gasteiger partial charge in [-0.2, -0.15) is 4.90 Å². The molecule has 244 valence electrons. The molecule has 2 N–H and O–H groups in total. The summed E-state index contributed by atoms with van der Waals surface area (Å²) in [7, 11) is 2.47. The van der Waals surface area contributed by atoms with Crippen molar-refractivity contribution >= 4 is 35.8 Å². The van der Waals surface area contributed by atoms with E-state index in [-0.39, 0.29) is 28.9 Å².